The highest BCUT2D eigenvalue weighted by Crippen LogP contribution is 2.10. The van der Waals surface area contributed by atoms with Gasteiger partial charge in [-0.15, -0.1) is 0 Å². The van der Waals surface area contributed by atoms with Gasteiger partial charge in [-0.05, 0) is 36.2 Å². The summed E-state index contributed by atoms with van der Waals surface area (Å²) in [6, 6.07) is 11.1. The molecule has 0 unspecified atom stereocenters. The highest BCUT2D eigenvalue weighted by atomic mass is 35.5. The Morgan fingerprint density at radius 2 is 2.00 bits per heavy atom. The van der Waals surface area contributed by atoms with Gasteiger partial charge in [0.2, 0.25) is 0 Å². The Morgan fingerprint density at radius 3 is 2.74 bits per heavy atom. The molecule has 23 heavy (non-hydrogen) atoms. The van der Waals surface area contributed by atoms with Gasteiger partial charge in [0.1, 0.15) is 5.69 Å². The van der Waals surface area contributed by atoms with E-state index in [4.69, 9.17) is 16.3 Å². The van der Waals surface area contributed by atoms with Crippen molar-refractivity contribution in [1.29, 1.82) is 0 Å². The lowest BCUT2D eigenvalue weighted by atomic mass is 10.1. The highest BCUT2D eigenvalue weighted by Gasteiger charge is 2.07. The number of pyridine rings is 1. The number of hydrogen-bond acceptors (Lipinski definition) is 4. The van der Waals surface area contributed by atoms with Crippen molar-refractivity contribution < 1.29 is 9.53 Å². The van der Waals surface area contributed by atoms with E-state index in [0.717, 1.165) is 17.7 Å². The van der Waals surface area contributed by atoms with Crippen LogP contribution >= 0.6 is 11.6 Å². The number of carbonyl (C=O) groups excluding carboxylic acids is 1. The normalized spacial score (nSPS) is 10.3. The standard InChI is InChI=1S/C17H20ClN3O2/c1-23-11-10-19-15-7-9-20-16(12-15)17(22)21-8-6-13-2-4-14(18)5-3-13/h2-5,7,9,12H,6,8,10-11H2,1H3,(H,19,20)(H,21,22). The first-order valence-electron chi connectivity index (χ1n) is 7.40. The van der Waals surface area contributed by atoms with E-state index in [1.807, 2.05) is 30.3 Å². The number of anilines is 1. The molecule has 2 rings (SSSR count). The number of hydrogen-bond donors (Lipinski definition) is 2. The summed E-state index contributed by atoms with van der Waals surface area (Å²) in [6.45, 7) is 1.83. The third-order valence-corrected chi connectivity index (χ3v) is 3.49. The molecule has 0 saturated heterocycles. The fraction of sp³-hybridized carbons (Fsp3) is 0.294. The molecule has 0 aliphatic rings. The van der Waals surface area contributed by atoms with Gasteiger partial charge in [-0.3, -0.25) is 9.78 Å². The van der Waals surface area contributed by atoms with Crippen LogP contribution in [0.15, 0.2) is 42.6 Å². The number of nitrogens with one attached hydrogen (secondary N) is 2. The quantitative estimate of drug-likeness (QED) is 0.729. The zero-order valence-electron chi connectivity index (χ0n) is 13.0. The van der Waals surface area contributed by atoms with Gasteiger partial charge in [-0.2, -0.15) is 0 Å². The Hall–Kier alpha value is -2.11. The van der Waals surface area contributed by atoms with Crippen molar-refractivity contribution in [1.82, 2.24) is 10.3 Å². The molecule has 1 amide bonds. The fourth-order valence-electron chi connectivity index (χ4n) is 2.02. The zero-order valence-corrected chi connectivity index (χ0v) is 13.8. The number of benzene rings is 1. The van der Waals surface area contributed by atoms with E-state index in [9.17, 15) is 4.79 Å². The molecule has 5 nitrogen and oxygen atoms in total. The van der Waals surface area contributed by atoms with Crippen LogP contribution in [-0.4, -0.2) is 37.7 Å². The minimum Gasteiger partial charge on any atom is -0.383 e. The third-order valence-electron chi connectivity index (χ3n) is 3.24. The number of halogens is 1. The first-order valence-corrected chi connectivity index (χ1v) is 7.78. The predicted octanol–water partition coefficient (Wildman–Crippen LogP) is 2.77. The van der Waals surface area contributed by atoms with Crippen molar-refractivity contribution in [2.75, 3.05) is 32.1 Å². The number of carbonyl (C=O) groups is 1. The molecule has 6 heteroatoms. The third kappa shape index (κ3) is 5.88. The van der Waals surface area contributed by atoms with E-state index >= 15 is 0 Å². The molecule has 0 fully saturated rings. The monoisotopic (exact) mass is 333 g/mol. The van der Waals surface area contributed by atoms with Crippen molar-refractivity contribution in [2.24, 2.45) is 0 Å². The van der Waals surface area contributed by atoms with Gasteiger partial charge in [-0.1, -0.05) is 23.7 Å². The van der Waals surface area contributed by atoms with E-state index in [2.05, 4.69) is 15.6 Å². The average Bonchev–Trinajstić information content (AvgIpc) is 2.57. The first kappa shape index (κ1) is 17.2. The van der Waals surface area contributed by atoms with Crippen molar-refractivity contribution >= 4 is 23.2 Å². The summed E-state index contributed by atoms with van der Waals surface area (Å²) < 4.78 is 4.98. The van der Waals surface area contributed by atoms with E-state index in [1.54, 1.807) is 19.4 Å². The van der Waals surface area contributed by atoms with Gasteiger partial charge in [0.05, 0.1) is 6.61 Å². The number of ether oxygens (including phenoxy) is 1. The van der Waals surface area contributed by atoms with Crippen molar-refractivity contribution in [3.63, 3.8) is 0 Å². The maximum absolute atomic E-state index is 12.1. The molecule has 1 heterocycles. The van der Waals surface area contributed by atoms with Crippen molar-refractivity contribution in [3.8, 4) is 0 Å². The summed E-state index contributed by atoms with van der Waals surface area (Å²) in [5.41, 5.74) is 2.36. The molecule has 0 spiro atoms. The minimum absolute atomic E-state index is 0.186. The van der Waals surface area contributed by atoms with Crippen LogP contribution in [0, 0.1) is 0 Å². The van der Waals surface area contributed by atoms with E-state index < -0.39 is 0 Å². The van der Waals surface area contributed by atoms with Crippen LogP contribution in [0.3, 0.4) is 0 Å². The van der Waals surface area contributed by atoms with Crippen LogP contribution < -0.4 is 10.6 Å². The summed E-state index contributed by atoms with van der Waals surface area (Å²) in [6.07, 6.45) is 2.36. The van der Waals surface area contributed by atoms with E-state index in [-0.39, 0.29) is 5.91 Å². The molecule has 0 saturated carbocycles. The van der Waals surface area contributed by atoms with Crippen LogP contribution in [0.1, 0.15) is 16.1 Å². The topological polar surface area (TPSA) is 63.2 Å². The van der Waals surface area contributed by atoms with Gasteiger partial charge in [-0.25, -0.2) is 0 Å². The molecule has 0 aliphatic carbocycles. The highest BCUT2D eigenvalue weighted by molar-refractivity contribution is 6.30. The molecule has 1 aromatic carbocycles. The van der Waals surface area contributed by atoms with Gasteiger partial charge >= 0.3 is 0 Å². The molecule has 0 bridgehead atoms. The second-order valence-electron chi connectivity index (χ2n) is 4.98. The largest absolute Gasteiger partial charge is 0.383 e. The minimum atomic E-state index is -0.186. The molecule has 2 aromatic rings. The molecular formula is C17H20ClN3O2. The molecule has 0 aliphatic heterocycles. The lowest BCUT2D eigenvalue weighted by molar-refractivity contribution is 0.0949. The van der Waals surface area contributed by atoms with Crippen LogP contribution in [0.5, 0.6) is 0 Å². The van der Waals surface area contributed by atoms with Crippen molar-refractivity contribution in [2.45, 2.75) is 6.42 Å². The van der Waals surface area contributed by atoms with Crippen molar-refractivity contribution in [3.05, 3.63) is 58.9 Å². The molecule has 122 valence electrons. The van der Waals surface area contributed by atoms with Gasteiger partial charge < -0.3 is 15.4 Å². The fourth-order valence-corrected chi connectivity index (χ4v) is 2.15. The second kappa shape index (κ2) is 9.12. The Labute approximate surface area is 141 Å². The molecular weight excluding hydrogens is 314 g/mol. The Kier molecular flexibility index (Phi) is 6.84. The maximum atomic E-state index is 12.1. The number of rotatable bonds is 8. The Morgan fingerprint density at radius 1 is 1.22 bits per heavy atom. The van der Waals surface area contributed by atoms with E-state index in [1.165, 1.54) is 0 Å². The smallest absolute Gasteiger partial charge is 0.269 e. The maximum Gasteiger partial charge on any atom is 0.269 e. The van der Waals surface area contributed by atoms with Crippen LogP contribution in [0.25, 0.3) is 0 Å². The Balaban J connectivity index is 1.82. The number of methoxy groups -OCH3 is 1. The first-order chi connectivity index (χ1) is 11.2. The summed E-state index contributed by atoms with van der Waals surface area (Å²) in [4.78, 5) is 16.2. The Bertz CT molecular complexity index is 632. The van der Waals surface area contributed by atoms with Gasteiger partial charge in [0, 0.05) is 37.1 Å². The average molecular weight is 334 g/mol. The lowest BCUT2D eigenvalue weighted by Gasteiger charge is -2.08. The summed E-state index contributed by atoms with van der Waals surface area (Å²) in [5, 5.41) is 6.75. The lowest BCUT2D eigenvalue weighted by Crippen LogP contribution is -2.26. The van der Waals surface area contributed by atoms with Gasteiger partial charge in [0.25, 0.3) is 5.91 Å². The number of amides is 1. The van der Waals surface area contributed by atoms with Crippen LogP contribution in [0.2, 0.25) is 5.02 Å². The van der Waals surface area contributed by atoms with Gasteiger partial charge in [0.15, 0.2) is 0 Å². The van der Waals surface area contributed by atoms with Crippen LogP contribution in [0.4, 0.5) is 5.69 Å². The molecule has 1 aromatic heterocycles. The SMILES string of the molecule is COCCNc1ccnc(C(=O)NCCc2ccc(Cl)cc2)c1. The summed E-state index contributed by atoms with van der Waals surface area (Å²) >= 11 is 5.84. The van der Waals surface area contributed by atoms with E-state index in [0.29, 0.717) is 30.4 Å². The summed E-state index contributed by atoms with van der Waals surface area (Å²) in [5.74, 6) is -0.186. The number of aromatic nitrogens is 1. The molecule has 2 N–H and O–H groups in total. The molecule has 0 radical (unpaired) electrons. The zero-order chi connectivity index (χ0) is 16.5. The van der Waals surface area contributed by atoms with Crippen LogP contribution in [-0.2, 0) is 11.2 Å². The predicted molar refractivity (Wildman–Crippen MR) is 92.1 cm³/mol. The number of nitrogens with zero attached hydrogens (tertiary/aromatic N) is 1. The second-order valence-corrected chi connectivity index (χ2v) is 5.42. The summed E-state index contributed by atoms with van der Waals surface area (Å²) in [7, 11) is 1.65. The molecule has 0 atom stereocenters.